The number of benzene rings is 1. The Morgan fingerprint density at radius 3 is 2.64 bits per heavy atom. The molecule has 1 aromatic carbocycles. The molecule has 138 valence electrons. The third-order valence-electron chi connectivity index (χ3n) is 5.62. The summed E-state index contributed by atoms with van der Waals surface area (Å²) in [6, 6.07) is 9.06. The number of nitrogens with one attached hydrogen (secondary N) is 1. The van der Waals surface area contributed by atoms with Crippen LogP contribution in [0.4, 0.5) is 5.69 Å². The van der Waals surface area contributed by atoms with Gasteiger partial charge < -0.3 is 19.7 Å². The van der Waals surface area contributed by atoms with E-state index in [9.17, 15) is 0 Å². The van der Waals surface area contributed by atoms with E-state index >= 15 is 0 Å². The summed E-state index contributed by atoms with van der Waals surface area (Å²) in [5.41, 5.74) is 2.77. The highest BCUT2D eigenvalue weighted by Crippen LogP contribution is 2.25. The molecule has 25 heavy (non-hydrogen) atoms. The highest BCUT2D eigenvalue weighted by Gasteiger charge is 2.27. The smallest absolute Gasteiger partial charge is 0.0706 e. The molecule has 2 atom stereocenters. The molecule has 1 aromatic rings. The fourth-order valence-electron chi connectivity index (χ4n) is 4.20. The van der Waals surface area contributed by atoms with Crippen LogP contribution in [-0.2, 0) is 15.9 Å². The second kappa shape index (κ2) is 8.49. The van der Waals surface area contributed by atoms with Gasteiger partial charge in [0.25, 0.3) is 0 Å². The topological polar surface area (TPSA) is 37.0 Å². The third kappa shape index (κ3) is 4.73. The maximum atomic E-state index is 6.35. The summed E-state index contributed by atoms with van der Waals surface area (Å²) in [5.74, 6) is 0. The molecular weight excluding hydrogens is 314 g/mol. The maximum Gasteiger partial charge on any atom is 0.0706 e. The van der Waals surface area contributed by atoms with Crippen molar-refractivity contribution in [3.63, 3.8) is 0 Å². The van der Waals surface area contributed by atoms with Crippen molar-refractivity contribution < 1.29 is 9.47 Å². The summed E-state index contributed by atoms with van der Waals surface area (Å²) in [4.78, 5) is 4.97. The Kier molecular flexibility index (Phi) is 5.87. The van der Waals surface area contributed by atoms with E-state index in [4.69, 9.17) is 9.47 Å². The average Bonchev–Trinajstić information content (AvgIpc) is 3.10. The van der Waals surface area contributed by atoms with Gasteiger partial charge >= 0.3 is 0 Å². The molecule has 1 N–H and O–H groups in total. The van der Waals surface area contributed by atoms with Crippen LogP contribution in [0, 0.1) is 0 Å². The Labute approximate surface area is 151 Å². The molecule has 0 saturated carbocycles. The van der Waals surface area contributed by atoms with Crippen molar-refractivity contribution in [1.82, 2.24) is 10.2 Å². The summed E-state index contributed by atoms with van der Waals surface area (Å²) in [6.45, 7) is 9.29. The molecule has 0 amide bonds. The Hall–Kier alpha value is -1.14. The molecule has 0 bridgehead atoms. The van der Waals surface area contributed by atoms with Gasteiger partial charge in [-0.3, -0.25) is 4.90 Å². The zero-order valence-electron chi connectivity index (χ0n) is 15.2. The Bertz CT molecular complexity index is 541. The Balaban J connectivity index is 1.29. The van der Waals surface area contributed by atoms with Crippen molar-refractivity contribution in [2.75, 3.05) is 63.9 Å². The number of nitrogens with zero attached hydrogens (tertiary/aromatic N) is 2. The van der Waals surface area contributed by atoms with Crippen LogP contribution in [0.5, 0.6) is 0 Å². The number of piperazine rings is 1. The quantitative estimate of drug-likeness (QED) is 0.876. The first-order valence-electron chi connectivity index (χ1n) is 9.87. The molecule has 3 aliphatic rings. The first-order chi connectivity index (χ1) is 12.4. The molecule has 5 heteroatoms. The van der Waals surface area contributed by atoms with Gasteiger partial charge in [0.15, 0.2) is 0 Å². The number of ether oxygens (including phenoxy) is 2. The monoisotopic (exact) mass is 345 g/mol. The number of rotatable bonds is 5. The summed E-state index contributed by atoms with van der Waals surface area (Å²) in [6.07, 6.45) is 4.20. The van der Waals surface area contributed by atoms with E-state index in [1.807, 2.05) is 0 Å². The molecule has 3 fully saturated rings. The first-order valence-corrected chi connectivity index (χ1v) is 9.87. The second-order valence-corrected chi connectivity index (χ2v) is 7.48. The fourth-order valence-corrected chi connectivity index (χ4v) is 4.20. The van der Waals surface area contributed by atoms with Crippen LogP contribution < -0.4 is 10.2 Å². The lowest BCUT2D eigenvalue weighted by molar-refractivity contribution is -0.0108. The van der Waals surface area contributed by atoms with Crippen LogP contribution in [0.15, 0.2) is 24.3 Å². The lowest BCUT2D eigenvalue weighted by atomic mass is 10.0. The zero-order chi connectivity index (χ0) is 16.9. The van der Waals surface area contributed by atoms with Crippen molar-refractivity contribution >= 4 is 5.69 Å². The number of hydrogen-bond acceptors (Lipinski definition) is 5. The van der Waals surface area contributed by atoms with Gasteiger partial charge in [-0.05, 0) is 37.0 Å². The van der Waals surface area contributed by atoms with E-state index in [0.29, 0.717) is 12.2 Å². The van der Waals surface area contributed by atoms with E-state index in [1.165, 1.54) is 24.1 Å². The van der Waals surface area contributed by atoms with Gasteiger partial charge in [-0.2, -0.15) is 0 Å². The summed E-state index contributed by atoms with van der Waals surface area (Å²) in [7, 11) is 0. The van der Waals surface area contributed by atoms with E-state index < -0.39 is 0 Å². The minimum absolute atomic E-state index is 0.379. The van der Waals surface area contributed by atoms with Crippen molar-refractivity contribution in [2.45, 2.75) is 31.5 Å². The molecule has 3 saturated heterocycles. The molecule has 0 aromatic heterocycles. The number of morpholine rings is 1. The Morgan fingerprint density at radius 2 is 1.80 bits per heavy atom. The van der Waals surface area contributed by atoms with Crippen LogP contribution >= 0.6 is 0 Å². The lowest BCUT2D eigenvalue weighted by Gasteiger charge is -2.30. The van der Waals surface area contributed by atoms with Crippen LogP contribution in [0.25, 0.3) is 0 Å². The Morgan fingerprint density at radius 1 is 1.00 bits per heavy atom. The van der Waals surface area contributed by atoms with Gasteiger partial charge in [-0.15, -0.1) is 0 Å². The van der Waals surface area contributed by atoms with Crippen LogP contribution in [0.3, 0.4) is 0 Å². The van der Waals surface area contributed by atoms with Gasteiger partial charge in [0.1, 0.15) is 0 Å². The molecule has 3 aliphatic heterocycles. The highest BCUT2D eigenvalue weighted by atomic mass is 16.5. The number of anilines is 1. The maximum absolute atomic E-state index is 6.35. The normalized spacial score (nSPS) is 28.4. The fraction of sp³-hybridized carbons (Fsp3) is 0.700. The van der Waals surface area contributed by atoms with Gasteiger partial charge in [0.2, 0.25) is 0 Å². The molecule has 0 aliphatic carbocycles. The molecule has 0 radical (unpaired) electrons. The van der Waals surface area contributed by atoms with Crippen LogP contribution in [0.1, 0.15) is 18.4 Å². The highest BCUT2D eigenvalue weighted by molar-refractivity contribution is 5.49. The molecule has 4 rings (SSSR count). The third-order valence-corrected chi connectivity index (χ3v) is 5.62. The first kappa shape index (κ1) is 17.3. The predicted octanol–water partition coefficient (Wildman–Crippen LogP) is 1.52. The zero-order valence-corrected chi connectivity index (χ0v) is 15.2. The largest absolute Gasteiger partial charge is 0.379 e. The average molecular weight is 345 g/mol. The number of hydrogen-bond donors (Lipinski definition) is 1. The van der Waals surface area contributed by atoms with Crippen molar-refractivity contribution in [1.29, 1.82) is 0 Å². The SMILES string of the molecule is c1cc(C[C@@H]2CC[C@H](CN3CCOCC3)O2)cc(N2CCNCC2)c1. The molecule has 0 unspecified atom stereocenters. The van der Waals surface area contributed by atoms with Crippen molar-refractivity contribution in [3.05, 3.63) is 29.8 Å². The second-order valence-electron chi connectivity index (χ2n) is 7.48. The van der Waals surface area contributed by atoms with E-state index in [-0.39, 0.29) is 0 Å². The van der Waals surface area contributed by atoms with Gasteiger partial charge in [0.05, 0.1) is 25.4 Å². The van der Waals surface area contributed by atoms with E-state index in [0.717, 1.165) is 65.4 Å². The lowest BCUT2D eigenvalue weighted by Crippen LogP contribution is -2.43. The van der Waals surface area contributed by atoms with E-state index in [2.05, 4.69) is 39.4 Å². The van der Waals surface area contributed by atoms with Crippen LogP contribution in [-0.4, -0.2) is 76.1 Å². The predicted molar refractivity (Wildman–Crippen MR) is 100 cm³/mol. The minimum Gasteiger partial charge on any atom is -0.379 e. The van der Waals surface area contributed by atoms with E-state index in [1.54, 1.807) is 0 Å². The summed E-state index contributed by atoms with van der Waals surface area (Å²) < 4.78 is 11.8. The van der Waals surface area contributed by atoms with Crippen LogP contribution in [0.2, 0.25) is 0 Å². The van der Waals surface area contributed by atoms with Gasteiger partial charge in [-0.1, -0.05) is 12.1 Å². The minimum atomic E-state index is 0.379. The summed E-state index contributed by atoms with van der Waals surface area (Å²) >= 11 is 0. The molecule has 5 nitrogen and oxygen atoms in total. The molecule has 0 spiro atoms. The van der Waals surface area contributed by atoms with Crippen molar-refractivity contribution in [2.24, 2.45) is 0 Å². The van der Waals surface area contributed by atoms with Crippen molar-refractivity contribution in [3.8, 4) is 0 Å². The standard InChI is InChI=1S/C20H31N3O2/c1-2-17(14-18(3-1)23-8-6-21-7-9-23)15-19-4-5-20(25-19)16-22-10-12-24-13-11-22/h1-3,14,19-21H,4-13,15-16H2/t19-,20+/m0/s1. The summed E-state index contributed by atoms with van der Waals surface area (Å²) in [5, 5.41) is 3.42. The van der Waals surface area contributed by atoms with Gasteiger partial charge in [-0.25, -0.2) is 0 Å². The van der Waals surface area contributed by atoms with Gasteiger partial charge in [0, 0.05) is 51.5 Å². The molecular formula is C20H31N3O2. The molecule has 3 heterocycles.